The third-order valence-corrected chi connectivity index (χ3v) is 6.01. The molecule has 1 spiro atoms. The number of likely N-dealkylation sites (tertiary alicyclic amines) is 1. The largest absolute Gasteiger partial charge is 0.355 e. The van der Waals surface area contributed by atoms with Crippen LogP contribution in [0.1, 0.15) is 47.0 Å². The Balaban J connectivity index is 1.82. The molecule has 0 saturated carbocycles. The molecule has 1 aromatic rings. The van der Waals surface area contributed by atoms with Gasteiger partial charge in [-0.2, -0.15) is 0 Å². The normalized spacial score (nSPS) is 18.8. The zero-order chi connectivity index (χ0) is 21.9. The van der Waals surface area contributed by atoms with Crippen molar-refractivity contribution in [2.45, 2.75) is 52.5 Å². The number of anilines is 1. The predicted molar refractivity (Wildman–Crippen MR) is 117 cm³/mol. The Morgan fingerprint density at radius 3 is 2.30 bits per heavy atom. The highest BCUT2D eigenvalue weighted by Crippen LogP contribution is 2.40. The van der Waals surface area contributed by atoms with Crippen molar-refractivity contribution in [2.24, 2.45) is 5.41 Å². The number of amides is 3. The molecule has 1 N–H and O–H groups in total. The molecular weight excluding hydrogens is 380 g/mol. The maximum Gasteiger partial charge on any atom is 0.250 e. The van der Waals surface area contributed by atoms with Crippen LogP contribution in [0.15, 0.2) is 30.3 Å². The van der Waals surface area contributed by atoms with E-state index in [1.54, 1.807) is 4.90 Å². The standard InChI is InChI=1S/C23H34N4O3/c1-5-13-24-19(28)16-26-17-27(18-9-7-6-8-10-18)23(21(26)30)11-14-25(15-12-23)20(29)22(2,3)4/h6-10H,5,11-17H2,1-4H3,(H,24,28). The Morgan fingerprint density at radius 2 is 1.73 bits per heavy atom. The van der Waals surface area contributed by atoms with E-state index in [0.717, 1.165) is 12.1 Å². The smallest absolute Gasteiger partial charge is 0.250 e. The van der Waals surface area contributed by atoms with Gasteiger partial charge in [-0.1, -0.05) is 45.9 Å². The Labute approximate surface area is 179 Å². The number of nitrogens with one attached hydrogen (secondary N) is 1. The number of benzene rings is 1. The van der Waals surface area contributed by atoms with Gasteiger partial charge in [0.15, 0.2) is 0 Å². The fraction of sp³-hybridized carbons (Fsp3) is 0.609. The number of hydrogen-bond donors (Lipinski definition) is 1. The molecule has 7 heteroatoms. The van der Waals surface area contributed by atoms with Gasteiger partial charge < -0.3 is 20.0 Å². The SMILES string of the molecule is CCCNC(=O)CN1CN(c2ccccc2)C2(CCN(C(=O)C(C)(C)C)CC2)C1=O. The number of nitrogens with zero attached hydrogens (tertiary/aromatic N) is 3. The fourth-order valence-electron chi connectivity index (χ4n) is 4.37. The zero-order valence-electron chi connectivity index (χ0n) is 18.6. The molecule has 2 heterocycles. The van der Waals surface area contributed by atoms with Gasteiger partial charge in [0, 0.05) is 30.7 Å². The topological polar surface area (TPSA) is 73.0 Å². The summed E-state index contributed by atoms with van der Waals surface area (Å²) in [7, 11) is 0. The lowest BCUT2D eigenvalue weighted by atomic mass is 9.84. The molecule has 164 valence electrons. The van der Waals surface area contributed by atoms with Crippen molar-refractivity contribution in [3.63, 3.8) is 0 Å². The summed E-state index contributed by atoms with van der Waals surface area (Å²) in [6, 6.07) is 9.88. The molecule has 0 bridgehead atoms. The summed E-state index contributed by atoms with van der Waals surface area (Å²) in [4.78, 5) is 44.2. The van der Waals surface area contributed by atoms with Crippen LogP contribution in [0.4, 0.5) is 5.69 Å². The van der Waals surface area contributed by atoms with Crippen LogP contribution >= 0.6 is 0 Å². The van der Waals surface area contributed by atoms with Gasteiger partial charge in [-0.3, -0.25) is 14.4 Å². The molecule has 2 fully saturated rings. The van der Waals surface area contributed by atoms with E-state index in [-0.39, 0.29) is 24.3 Å². The van der Waals surface area contributed by atoms with Crippen molar-refractivity contribution < 1.29 is 14.4 Å². The second-order valence-electron chi connectivity index (χ2n) is 9.33. The number of hydrogen-bond acceptors (Lipinski definition) is 4. The van der Waals surface area contributed by atoms with Crippen LogP contribution in [-0.2, 0) is 14.4 Å². The Morgan fingerprint density at radius 1 is 1.10 bits per heavy atom. The highest BCUT2D eigenvalue weighted by Gasteiger charge is 2.54. The first-order valence-electron chi connectivity index (χ1n) is 10.9. The molecule has 0 aromatic heterocycles. The number of rotatable bonds is 5. The minimum absolute atomic E-state index is 0.0131. The summed E-state index contributed by atoms with van der Waals surface area (Å²) in [5, 5.41) is 2.86. The molecule has 3 rings (SSSR count). The van der Waals surface area contributed by atoms with E-state index in [1.807, 2.05) is 62.9 Å². The maximum absolute atomic E-state index is 13.5. The van der Waals surface area contributed by atoms with E-state index in [2.05, 4.69) is 10.2 Å². The second kappa shape index (κ2) is 8.66. The van der Waals surface area contributed by atoms with Gasteiger partial charge in [-0.25, -0.2) is 0 Å². The predicted octanol–water partition coefficient (Wildman–Crippen LogP) is 2.23. The summed E-state index contributed by atoms with van der Waals surface area (Å²) in [5.74, 6) is -0.0266. The maximum atomic E-state index is 13.5. The van der Waals surface area contributed by atoms with Crippen molar-refractivity contribution in [3.8, 4) is 0 Å². The van der Waals surface area contributed by atoms with Gasteiger partial charge >= 0.3 is 0 Å². The van der Waals surface area contributed by atoms with Gasteiger partial charge in [-0.05, 0) is 31.4 Å². The zero-order valence-corrected chi connectivity index (χ0v) is 18.6. The average Bonchev–Trinajstić information content (AvgIpc) is 2.98. The van der Waals surface area contributed by atoms with E-state index in [1.165, 1.54) is 0 Å². The lowest BCUT2D eigenvalue weighted by Gasteiger charge is -2.44. The molecule has 30 heavy (non-hydrogen) atoms. The minimum Gasteiger partial charge on any atom is -0.355 e. The van der Waals surface area contributed by atoms with Crippen LogP contribution in [0.25, 0.3) is 0 Å². The fourth-order valence-corrected chi connectivity index (χ4v) is 4.37. The number of para-hydroxylation sites is 1. The third-order valence-electron chi connectivity index (χ3n) is 6.01. The monoisotopic (exact) mass is 414 g/mol. The summed E-state index contributed by atoms with van der Waals surface area (Å²) >= 11 is 0. The summed E-state index contributed by atoms with van der Waals surface area (Å²) in [6.45, 7) is 9.92. The Bertz CT molecular complexity index is 779. The summed E-state index contributed by atoms with van der Waals surface area (Å²) in [6.07, 6.45) is 1.99. The molecule has 0 unspecified atom stereocenters. The van der Waals surface area contributed by atoms with Crippen molar-refractivity contribution in [1.82, 2.24) is 15.1 Å². The van der Waals surface area contributed by atoms with E-state index in [0.29, 0.717) is 39.1 Å². The van der Waals surface area contributed by atoms with Gasteiger partial charge in [0.25, 0.3) is 5.91 Å². The highest BCUT2D eigenvalue weighted by molar-refractivity contribution is 5.96. The Kier molecular flexibility index (Phi) is 6.38. The lowest BCUT2D eigenvalue weighted by Crippen LogP contribution is -2.58. The van der Waals surface area contributed by atoms with Crippen LogP contribution in [0, 0.1) is 5.41 Å². The lowest BCUT2D eigenvalue weighted by molar-refractivity contribution is -0.144. The summed E-state index contributed by atoms with van der Waals surface area (Å²) in [5.41, 5.74) is -0.175. The quantitative estimate of drug-likeness (QED) is 0.802. The summed E-state index contributed by atoms with van der Waals surface area (Å²) < 4.78 is 0. The number of carbonyl (C=O) groups is 3. The van der Waals surface area contributed by atoms with Crippen molar-refractivity contribution in [2.75, 3.05) is 37.7 Å². The minimum atomic E-state index is -0.707. The Hall–Kier alpha value is -2.57. The van der Waals surface area contributed by atoms with Gasteiger partial charge in [-0.15, -0.1) is 0 Å². The molecule has 3 amide bonds. The van der Waals surface area contributed by atoms with Crippen LogP contribution in [0.2, 0.25) is 0 Å². The molecule has 0 atom stereocenters. The number of piperidine rings is 1. The van der Waals surface area contributed by atoms with Crippen molar-refractivity contribution in [3.05, 3.63) is 30.3 Å². The third kappa shape index (κ3) is 4.30. The van der Waals surface area contributed by atoms with Gasteiger partial charge in [0.05, 0.1) is 6.67 Å². The highest BCUT2D eigenvalue weighted by atomic mass is 16.2. The average molecular weight is 415 g/mol. The first-order chi connectivity index (χ1) is 14.2. The molecule has 0 radical (unpaired) electrons. The first-order valence-corrected chi connectivity index (χ1v) is 10.9. The molecule has 2 saturated heterocycles. The van der Waals surface area contributed by atoms with Crippen molar-refractivity contribution in [1.29, 1.82) is 0 Å². The van der Waals surface area contributed by atoms with E-state index in [4.69, 9.17) is 0 Å². The molecule has 2 aliphatic heterocycles. The second-order valence-corrected chi connectivity index (χ2v) is 9.33. The van der Waals surface area contributed by atoms with Crippen LogP contribution < -0.4 is 10.2 Å². The van der Waals surface area contributed by atoms with Gasteiger partial charge in [0.2, 0.25) is 11.8 Å². The van der Waals surface area contributed by atoms with Crippen LogP contribution in [0.5, 0.6) is 0 Å². The van der Waals surface area contributed by atoms with E-state index < -0.39 is 11.0 Å². The van der Waals surface area contributed by atoms with Crippen LogP contribution in [-0.4, -0.2) is 65.9 Å². The van der Waals surface area contributed by atoms with E-state index >= 15 is 0 Å². The number of carbonyl (C=O) groups excluding carboxylic acids is 3. The first kappa shape index (κ1) is 22.1. The molecular formula is C23H34N4O3. The molecule has 2 aliphatic rings. The van der Waals surface area contributed by atoms with Crippen molar-refractivity contribution >= 4 is 23.4 Å². The molecule has 1 aromatic carbocycles. The van der Waals surface area contributed by atoms with E-state index in [9.17, 15) is 14.4 Å². The van der Waals surface area contributed by atoms with Crippen LogP contribution in [0.3, 0.4) is 0 Å². The molecule has 0 aliphatic carbocycles. The van der Waals surface area contributed by atoms with Gasteiger partial charge in [0.1, 0.15) is 12.1 Å². The molecule has 7 nitrogen and oxygen atoms in total.